The van der Waals surface area contributed by atoms with Crippen LogP contribution in [-0.2, 0) is 21.8 Å². The Morgan fingerprint density at radius 3 is 2.28 bits per heavy atom. The second kappa shape index (κ2) is 9.31. The van der Waals surface area contributed by atoms with Crippen molar-refractivity contribution < 1.29 is 13.2 Å². The number of hydrogen-bond donors (Lipinski definition) is 2. The molecule has 2 N–H and O–H groups in total. The minimum absolute atomic E-state index is 0.0996. The summed E-state index contributed by atoms with van der Waals surface area (Å²) in [5, 5.41) is 6.65. The number of rotatable bonds is 7. The summed E-state index contributed by atoms with van der Waals surface area (Å²) in [5.74, 6) is 1.53. The molecular weight excluding hydrogens is 386 g/mol. The van der Waals surface area contributed by atoms with Gasteiger partial charge in [-0.25, -0.2) is 8.42 Å². The Hall–Kier alpha value is -2.54. The summed E-state index contributed by atoms with van der Waals surface area (Å²) in [6.07, 6.45) is 1.23. The van der Waals surface area contributed by atoms with E-state index in [4.69, 9.17) is 4.74 Å². The van der Waals surface area contributed by atoms with Crippen molar-refractivity contribution in [2.45, 2.75) is 37.6 Å². The lowest BCUT2D eigenvalue weighted by molar-refractivity contribution is 0.414. The van der Waals surface area contributed by atoms with Crippen molar-refractivity contribution >= 4 is 15.8 Å². The molecule has 0 aliphatic heterocycles. The van der Waals surface area contributed by atoms with E-state index >= 15 is 0 Å². The summed E-state index contributed by atoms with van der Waals surface area (Å²) in [6.45, 7) is 7.40. The molecule has 0 atom stereocenters. The molecular formula is C22H31N3O3S. The van der Waals surface area contributed by atoms with Crippen LogP contribution < -0.4 is 15.4 Å². The number of aryl methyl sites for hydroxylation is 1. The molecule has 7 heteroatoms. The molecule has 0 saturated carbocycles. The van der Waals surface area contributed by atoms with Gasteiger partial charge in [0.1, 0.15) is 5.75 Å². The Morgan fingerprint density at radius 1 is 1.10 bits per heavy atom. The van der Waals surface area contributed by atoms with Crippen molar-refractivity contribution in [3.8, 4) is 5.75 Å². The highest BCUT2D eigenvalue weighted by Gasteiger charge is 2.21. The highest BCUT2D eigenvalue weighted by Crippen LogP contribution is 2.24. The average Bonchev–Trinajstić information content (AvgIpc) is 2.67. The first-order valence-corrected chi connectivity index (χ1v) is 11.3. The highest BCUT2D eigenvalue weighted by molar-refractivity contribution is 7.90. The molecule has 0 aliphatic rings. The van der Waals surface area contributed by atoms with Gasteiger partial charge in [0.05, 0.1) is 12.0 Å². The number of nitrogens with one attached hydrogen (secondary N) is 2. The third-order valence-corrected chi connectivity index (χ3v) is 6.15. The van der Waals surface area contributed by atoms with E-state index in [9.17, 15) is 8.42 Å². The molecule has 2 aromatic carbocycles. The molecule has 0 heterocycles. The lowest BCUT2D eigenvalue weighted by atomic mass is 9.84. The van der Waals surface area contributed by atoms with E-state index in [1.54, 1.807) is 20.2 Å². The summed E-state index contributed by atoms with van der Waals surface area (Å²) in [5.41, 5.74) is 2.84. The van der Waals surface area contributed by atoms with Crippen LogP contribution in [0.4, 0.5) is 0 Å². The number of sulfone groups is 1. The van der Waals surface area contributed by atoms with Gasteiger partial charge in [0.15, 0.2) is 15.8 Å². The molecule has 0 amide bonds. The van der Waals surface area contributed by atoms with Gasteiger partial charge >= 0.3 is 0 Å². The normalized spacial score (nSPS) is 12.6. The molecule has 0 bridgehead atoms. The van der Waals surface area contributed by atoms with Crippen LogP contribution in [0.3, 0.4) is 0 Å². The van der Waals surface area contributed by atoms with E-state index in [0.29, 0.717) is 23.9 Å². The van der Waals surface area contributed by atoms with Gasteiger partial charge in [-0.2, -0.15) is 0 Å². The smallest absolute Gasteiger partial charge is 0.191 e. The van der Waals surface area contributed by atoms with Crippen molar-refractivity contribution in [3.63, 3.8) is 0 Å². The van der Waals surface area contributed by atoms with E-state index in [2.05, 4.69) is 41.6 Å². The predicted octanol–water partition coefficient (Wildman–Crippen LogP) is 3.05. The summed E-state index contributed by atoms with van der Waals surface area (Å²) in [7, 11) is 0.184. The zero-order valence-corrected chi connectivity index (χ0v) is 18.9. The zero-order valence-electron chi connectivity index (χ0n) is 18.0. The Morgan fingerprint density at radius 2 is 1.76 bits per heavy atom. The van der Waals surface area contributed by atoms with E-state index in [-0.39, 0.29) is 5.41 Å². The lowest BCUT2D eigenvalue weighted by Gasteiger charge is -2.27. The number of ether oxygens (including phenoxy) is 1. The van der Waals surface area contributed by atoms with Crippen LogP contribution in [0, 0.1) is 6.92 Å². The number of hydrogen-bond acceptors (Lipinski definition) is 4. The molecule has 0 aliphatic carbocycles. The SMILES string of the molecule is CN=C(NCc1ccc(S(C)(=O)=O)c(C)c1)NCC(C)(C)c1ccc(OC)cc1. The van der Waals surface area contributed by atoms with Gasteiger partial charge in [-0.05, 0) is 41.8 Å². The number of aliphatic imine (C=N–C) groups is 1. The van der Waals surface area contributed by atoms with Crippen LogP contribution in [0.15, 0.2) is 52.4 Å². The van der Waals surface area contributed by atoms with Gasteiger partial charge in [-0.15, -0.1) is 0 Å². The van der Waals surface area contributed by atoms with Gasteiger partial charge in [0.25, 0.3) is 0 Å². The third-order valence-electron chi connectivity index (χ3n) is 4.89. The average molecular weight is 418 g/mol. The van der Waals surface area contributed by atoms with Gasteiger partial charge in [-0.1, -0.05) is 38.1 Å². The van der Waals surface area contributed by atoms with Crippen LogP contribution in [0.5, 0.6) is 5.75 Å². The van der Waals surface area contributed by atoms with Crippen molar-refractivity contribution in [2.75, 3.05) is 27.0 Å². The summed E-state index contributed by atoms with van der Waals surface area (Å²) >= 11 is 0. The Kier molecular flexibility index (Phi) is 7.30. The monoisotopic (exact) mass is 417 g/mol. The molecule has 2 aromatic rings. The second-order valence-electron chi connectivity index (χ2n) is 7.76. The highest BCUT2D eigenvalue weighted by atomic mass is 32.2. The number of benzene rings is 2. The van der Waals surface area contributed by atoms with Crippen molar-refractivity contribution in [3.05, 3.63) is 59.2 Å². The standard InChI is InChI=1S/C22H31N3O3S/c1-16-13-17(7-12-20(16)29(6,26)27)14-24-21(23-4)25-15-22(2,3)18-8-10-19(28-5)11-9-18/h7-13H,14-15H2,1-6H3,(H2,23,24,25). The van der Waals surface area contributed by atoms with Gasteiger partial charge in [0, 0.05) is 31.8 Å². The molecule has 6 nitrogen and oxygen atoms in total. The fraction of sp³-hybridized carbons (Fsp3) is 0.409. The molecule has 0 fully saturated rings. The van der Waals surface area contributed by atoms with E-state index in [1.807, 2.05) is 31.2 Å². The third kappa shape index (κ3) is 6.22. The maximum Gasteiger partial charge on any atom is 0.191 e. The molecule has 29 heavy (non-hydrogen) atoms. The molecule has 0 spiro atoms. The Balaban J connectivity index is 1.97. The molecule has 0 saturated heterocycles. The lowest BCUT2D eigenvalue weighted by Crippen LogP contribution is -2.43. The summed E-state index contributed by atoms with van der Waals surface area (Å²) in [6, 6.07) is 13.4. The number of nitrogens with zero attached hydrogens (tertiary/aromatic N) is 1. The van der Waals surface area contributed by atoms with Crippen molar-refractivity contribution in [2.24, 2.45) is 4.99 Å². The molecule has 2 rings (SSSR count). The van der Waals surface area contributed by atoms with Crippen molar-refractivity contribution in [1.29, 1.82) is 0 Å². The van der Waals surface area contributed by atoms with Crippen LogP contribution in [0.2, 0.25) is 0 Å². The largest absolute Gasteiger partial charge is 0.497 e. The number of guanidine groups is 1. The van der Waals surface area contributed by atoms with E-state index < -0.39 is 9.84 Å². The quantitative estimate of drug-likeness (QED) is 0.535. The van der Waals surface area contributed by atoms with E-state index in [0.717, 1.165) is 16.9 Å². The Labute approximate surface area is 174 Å². The molecule has 158 valence electrons. The minimum atomic E-state index is -3.21. The zero-order chi connectivity index (χ0) is 21.7. The van der Waals surface area contributed by atoms with Gasteiger partial charge in [0.2, 0.25) is 0 Å². The summed E-state index contributed by atoms with van der Waals surface area (Å²) in [4.78, 5) is 4.65. The first-order chi connectivity index (χ1) is 13.6. The molecule has 0 aromatic heterocycles. The van der Waals surface area contributed by atoms with E-state index in [1.165, 1.54) is 11.8 Å². The van der Waals surface area contributed by atoms with Gasteiger partial charge in [-0.3, -0.25) is 4.99 Å². The fourth-order valence-corrected chi connectivity index (χ4v) is 4.05. The fourth-order valence-electron chi connectivity index (χ4n) is 3.09. The van der Waals surface area contributed by atoms with Gasteiger partial charge < -0.3 is 15.4 Å². The predicted molar refractivity (Wildman–Crippen MR) is 119 cm³/mol. The first-order valence-electron chi connectivity index (χ1n) is 9.45. The topological polar surface area (TPSA) is 79.8 Å². The van der Waals surface area contributed by atoms with Crippen LogP contribution in [0.1, 0.15) is 30.5 Å². The number of methoxy groups -OCH3 is 1. The Bertz CT molecular complexity index is 965. The second-order valence-corrected chi connectivity index (χ2v) is 9.75. The van der Waals surface area contributed by atoms with Crippen LogP contribution in [0.25, 0.3) is 0 Å². The van der Waals surface area contributed by atoms with Crippen LogP contribution >= 0.6 is 0 Å². The molecule has 0 unspecified atom stereocenters. The minimum Gasteiger partial charge on any atom is -0.497 e. The molecule has 0 radical (unpaired) electrons. The van der Waals surface area contributed by atoms with Crippen molar-refractivity contribution in [1.82, 2.24) is 10.6 Å². The maximum atomic E-state index is 11.8. The summed E-state index contributed by atoms with van der Waals surface area (Å²) < 4.78 is 28.7. The first kappa shape index (κ1) is 22.7. The van der Waals surface area contributed by atoms with Crippen LogP contribution in [-0.4, -0.2) is 41.3 Å². The maximum absolute atomic E-state index is 11.8.